The Hall–Kier alpha value is -2.95. The highest BCUT2D eigenvalue weighted by Crippen LogP contribution is 2.28. The monoisotopic (exact) mass is 313 g/mol. The first kappa shape index (κ1) is 16.4. The SMILES string of the molecule is C=CCOc1ccc(CNc2cccc(C(=O)O)c2)cc1OC. The Labute approximate surface area is 135 Å². The zero-order valence-corrected chi connectivity index (χ0v) is 12.9. The lowest BCUT2D eigenvalue weighted by Crippen LogP contribution is -2.03. The Morgan fingerprint density at radius 3 is 2.78 bits per heavy atom. The van der Waals surface area contributed by atoms with Crippen molar-refractivity contribution in [2.45, 2.75) is 6.54 Å². The minimum absolute atomic E-state index is 0.251. The molecule has 2 aromatic rings. The van der Waals surface area contributed by atoms with Crippen molar-refractivity contribution in [3.05, 3.63) is 66.2 Å². The van der Waals surface area contributed by atoms with Crippen molar-refractivity contribution in [2.24, 2.45) is 0 Å². The number of methoxy groups -OCH3 is 1. The summed E-state index contributed by atoms with van der Waals surface area (Å²) in [6, 6.07) is 12.3. The van der Waals surface area contributed by atoms with Gasteiger partial charge in [-0.15, -0.1) is 0 Å². The maximum absolute atomic E-state index is 11.0. The zero-order chi connectivity index (χ0) is 16.7. The van der Waals surface area contributed by atoms with Crippen molar-refractivity contribution < 1.29 is 19.4 Å². The predicted octanol–water partition coefficient (Wildman–Crippen LogP) is 3.57. The topological polar surface area (TPSA) is 67.8 Å². The second kappa shape index (κ2) is 7.89. The van der Waals surface area contributed by atoms with Crippen LogP contribution < -0.4 is 14.8 Å². The Balaban J connectivity index is 2.07. The first-order valence-electron chi connectivity index (χ1n) is 7.12. The van der Waals surface area contributed by atoms with Crippen LogP contribution in [0.25, 0.3) is 0 Å². The number of ether oxygens (including phenoxy) is 2. The van der Waals surface area contributed by atoms with E-state index in [9.17, 15) is 4.79 Å². The van der Waals surface area contributed by atoms with Gasteiger partial charge < -0.3 is 19.9 Å². The number of hydrogen-bond donors (Lipinski definition) is 2. The Kier molecular flexibility index (Phi) is 5.63. The van der Waals surface area contributed by atoms with Gasteiger partial charge in [0.1, 0.15) is 6.61 Å². The van der Waals surface area contributed by atoms with Crippen LogP contribution in [-0.2, 0) is 6.54 Å². The summed E-state index contributed by atoms with van der Waals surface area (Å²) in [7, 11) is 1.59. The van der Waals surface area contributed by atoms with Gasteiger partial charge in [0.2, 0.25) is 0 Å². The van der Waals surface area contributed by atoms with Crippen LogP contribution >= 0.6 is 0 Å². The lowest BCUT2D eigenvalue weighted by molar-refractivity contribution is 0.0697. The normalized spacial score (nSPS) is 9.96. The Morgan fingerprint density at radius 1 is 1.26 bits per heavy atom. The first-order valence-corrected chi connectivity index (χ1v) is 7.12. The highest BCUT2D eigenvalue weighted by molar-refractivity contribution is 5.88. The number of anilines is 1. The second-order valence-corrected chi connectivity index (χ2v) is 4.82. The van der Waals surface area contributed by atoms with Gasteiger partial charge >= 0.3 is 5.97 Å². The number of carboxylic acid groups (broad SMARTS) is 1. The third kappa shape index (κ3) is 4.51. The summed E-state index contributed by atoms with van der Waals surface area (Å²) in [5, 5.41) is 12.2. The number of carbonyl (C=O) groups is 1. The first-order chi connectivity index (χ1) is 11.1. The third-order valence-electron chi connectivity index (χ3n) is 3.19. The van der Waals surface area contributed by atoms with Crippen molar-refractivity contribution in [2.75, 3.05) is 19.0 Å². The molecule has 0 amide bonds. The van der Waals surface area contributed by atoms with Gasteiger partial charge in [0, 0.05) is 12.2 Å². The summed E-state index contributed by atoms with van der Waals surface area (Å²) in [5.74, 6) is 0.355. The standard InChI is InChI=1S/C18H19NO4/c1-3-9-23-16-8-7-13(10-17(16)22-2)12-19-15-6-4-5-14(11-15)18(20)21/h3-8,10-11,19H,1,9,12H2,2H3,(H,20,21). The number of hydrogen-bond acceptors (Lipinski definition) is 4. The minimum Gasteiger partial charge on any atom is -0.493 e. The van der Waals surface area contributed by atoms with Crippen LogP contribution in [0.15, 0.2) is 55.1 Å². The summed E-state index contributed by atoms with van der Waals surface area (Å²) in [5.41, 5.74) is 1.99. The fourth-order valence-corrected chi connectivity index (χ4v) is 2.06. The molecule has 5 nitrogen and oxygen atoms in total. The maximum atomic E-state index is 11.0. The van der Waals surface area contributed by atoms with Crippen LogP contribution in [-0.4, -0.2) is 24.8 Å². The molecule has 0 spiro atoms. The molecular formula is C18H19NO4. The number of aromatic carboxylic acids is 1. The molecule has 0 saturated heterocycles. The van der Waals surface area contributed by atoms with E-state index in [0.717, 1.165) is 11.3 Å². The average Bonchev–Trinajstić information content (AvgIpc) is 2.58. The molecule has 0 atom stereocenters. The molecule has 0 radical (unpaired) electrons. The smallest absolute Gasteiger partial charge is 0.335 e. The van der Waals surface area contributed by atoms with Gasteiger partial charge in [0.25, 0.3) is 0 Å². The summed E-state index contributed by atoms with van der Waals surface area (Å²) in [6.07, 6.45) is 1.67. The molecule has 0 saturated carbocycles. The molecule has 2 rings (SSSR count). The summed E-state index contributed by atoms with van der Waals surface area (Å²) >= 11 is 0. The van der Waals surface area contributed by atoms with Crippen molar-refractivity contribution in [3.8, 4) is 11.5 Å². The van der Waals surface area contributed by atoms with E-state index in [4.69, 9.17) is 14.6 Å². The molecule has 0 heterocycles. The quantitative estimate of drug-likeness (QED) is 0.729. The van der Waals surface area contributed by atoms with Crippen LogP contribution in [0.4, 0.5) is 5.69 Å². The van der Waals surface area contributed by atoms with Crippen molar-refractivity contribution >= 4 is 11.7 Å². The van der Waals surface area contributed by atoms with E-state index in [1.165, 1.54) is 0 Å². The van der Waals surface area contributed by atoms with E-state index in [0.29, 0.717) is 24.7 Å². The summed E-state index contributed by atoms with van der Waals surface area (Å²) < 4.78 is 10.8. The van der Waals surface area contributed by atoms with Gasteiger partial charge in [-0.2, -0.15) is 0 Å². The predicted molar refractivity (Wildman–Crippen MR) is 89.4 cm³/mol. The lowest BCUT2D eigenvalue weighted by Gasteiger charge is -2.12. The second-order valence-electron chi connectivity index (χ2n) is 4.82. The van der Waals surface area contributed by atoms with Crippen LogP contribution in [0.3, 0.4) is 0 Å². The van der Waals surface area contributed by atoms with E-state index in [1.54, 1.807) is 31.4 Å². The van der Waals surface area contributed by atoms with Crippen LogP contribution in [0.1, 0.15) is 15.9 Å². The fraction of sp³-hybridized carbons (Fsp3) is 0.167. The molecule has 0 bridgehead atoms. The van der Waals surface area contributed by atoms with Crippen LogP contribution in [0.5, 0.6) is 11.5 Å². The molecule has 0 aliphatic carbocycles. The van der Waals surface area contributed by atoms with Crippen molar-refractivity contribution in [1.82, 2.24) is 0 Å². The van der Waals surface area contributed by atoms with Gasteiger partial charge in [0.05, 0.1) is 12.7 Å². The van der Waals surface area contributed by atoms with Crippen LogP contribution in [0, 0.1) is 0 Å². The molecule has 0 aliphatic rings. The number of rotatable bonds is 8. The Bertz CT molecular complexity index is 697. The molecule has 0 unspecified atom stereocenters. The number of nitrogens with one attached hydrogen (secondary N) is 1. The Morgan fingerprint density at radius 2 is 2.09 bits per heavy atom. The summed E-state index contributed by atoms with van der Waals surface area (Å²) in [4.78, 5) is 11.0. The third-order valence-corrected chi connectivity index (χ3v) is 3.19. The van der Waals surface area contributed by atoms with Crippen LogP contribution in [0.2, 0.25) is 0 Å². The molecule has 0 aliphatic heterocycles. The molecule has 0 fully saturated rings. The number of benzene rings is 2. The van der Waals surface area contributed by atoms with E-state index in [2.05, 4.69) is 11.9 Å². The van der Waals surface area contributed by atoms with Crippen molar-refractivity contribution in [1.29, 1.82) is 0 Å². The van der Waals surface area contributed by atoms with E-state index in [1.807, 2.05) is 24.3 Å². The van der Waals surface area contributed by atoms with E-state index >= 15 is 0 Å². The highest BCUT2D eigenvalue weighted by atomic mass is 16.5. The van der Waals surface area contributed by atoms with Gasteiger partial charge in [-0.25, -0.2) is 4.79 Å². The highest BCUT2D eigenvalue weighted by Gasteiger charge is 2.06. The molecule has 2 N–H and O–H groups in total. The maximum Gasteiger partial charge on any atom is 0.335 e. The zero-order valence-electron chi connectivity index (χ0n) is 12.9. The molecule has 5 heteroatoms. The van der Waals surface area contributed by atoms with Gasteiger partial charge in [-0.05, 0) is 35.9 Å². The molecular weight excluding hydrogens is 294 g/mol. The average molecular weight is 313 g/mol. The fourth-order valence-electron chi connectivity index (χ4n) is 2.06. The van der Waals surface area contributed by atoms with Gasteiger partial charge in [-0.3, -0.25) is 0 Å². The van der Waals surface area contributed by atoms with E-state index in [-0.39, 0.29) is 5.56 Å². The molecule has 2 aromatic carbocycles. The molecule has 120 valence electrons. The van der Waals surface area contributed by atoms with Crippen molar-refractivity contribution in [3.63, 3.8) is 0 Å². The molecule has 0 aromatic heterocycles. The number of carboxylic acids is 1. The van der Waals surface area contributed by atoms with Gasteiger partial charge in [-0.1, -0.05) is 24.8 Å². The minimum atomic E-state index is -0.945. The molecule has 23 heavy (non-hydrogen) atoms. The van der Waals surface area contributed by atoms with E-state index < -0.39 is 5.97 Å². The lowest BCUT2D eigenvalue weighted by atomic mass is 10.1. The van der Waals surface area contributed by atoms with Gasteiger partial charge in [0.15, 0.2) is 11.5 Å². The summed E-state index contributed by atoms with van der Waals surface area (Å²) in [6.45, 7) is 4.57. The largest absolute Gasteiger partial charge is 0.493 e.